The number of nitrogens with two attached hydrogens (primary N) is 1. The highest BCUT2D eigenvalue weighted by molar-refractivity contribution is 5.93. The lowest BCUT2D eigenvalue weighted by Crippen LogP contribution is -2.35. The van der Waals surface area contributed by atoms with Gasteiger partial charge in [0.05, 0.1) is 0 Å². The van der Waals surface area contributed by atoms with Gasteiger partial charge in [-0.15, -0.1) is 0 Å². The van der Waals surface area contributed by atoms with Crippen LogP contribution in [0.25, 0.3) is 0 Å². The van der Waals surface area contributed by atoms with Crippen molar-refractivity contribution < 1.29 is 4.79 Å². The lowest BCUT2D eigenvalue weighted by Gasteiger charge is -2.25. The molecule has 0 saturated carbocycles. The Morgan fingerprint density at radius 2 is 2.12 bits per heavy atom. The zero-order chi connectivity index (χ0) is 12.3. The second-order valence-electron chi connectivity index (χ2n) is 4.56. The molecule has 1 amide bonds. The van der Waals surface area contributed by atoms with Gasteiger partial charge in [-0.05, 0) is 56.6 Å². The van der Waals surface area contributed by atoms with Crippen LogP contribution in [-0.2, 0) is 0 Å². The van der Waals surface area contributed by atoms with Crippen molar-refractivity contribution in [1.29, 1.82) is 0 Å². The molecule has 4 N–H and O–H groups in total. The molecule has 2 rings (SSSR count). The number of hydrogen-bond donors (Lipinski definition) is 3. The second kappa shape index (κ2) is 5.19. The molecular formula is C13H19N3O. The van der Waals surface area contributed by atoms with Crippen molar-refractivity contribution in [1.82, 2.24) is 5.32 Å². The van der Waals surface area contributed by atoms with E-state index in [9.17, 15) is 4.79 Å². The Balaban J connectivity index is 2.08. The Kier molecular flexibility index (Phi) is 3.64. The topological polar surface area (TPSA) is 67.2 Å². The van der Waals surface area contributed by atoms with Crippen molar-refractivity contribution in [3.63, 3.8) is 0 Å². The van der Waals surface area contributed by atoms with Crippen LogP contribution in [0.3, 0.4) is 0 Å². The molecule has 0 atom stereocenters. The SMILES string of the molecule is Cc1cc(C(N)=O)ccc1NC1CCNCC1. The van der Waals surface area contributed by atoms with E-state index in [-0.39, 0.29) is 5.91 Å². The average Bonchev–Trinajstić information content (AvgIpc) is 2.33. The van der Waals surface area contributed by atoms with Crippen molar-refractivity contribution in [3.8, 4) is 0 Å². The van der Waals surface area contributed by atoms with Gasteiger partial charge in [0.25, 0.3) is 0 Å². The Labute approximate surface area is 102 Å². The fraction of sp³-hybridized carbons (Fsp3) is 0.462. The lowest BCUT2D eigenvalue weighted by molar-refractivity contribution is 0.100. The lowest BCUT2D eigenvalue weighted by atomic mass is 10.0. The fourth-order valence-electron chi connectivity index (χ4n) is 2.17. The van der Waals surface area contributed by atoms with Crippen LogP contribution in [0.1, 0.15) is 28.8 Å². The van der Waals surface area contributed by atoms with Crippen molar-refractivity contribution in [2.75, 3.05) is 18.4 Å². The number of benzene rings is 1. The van der Waals surface area contributed by atoms with Crippen LogP contribution in [-0.4, -0.2) is 25.0 Å². The zero-order valence-corrected chi connectivity index (χ0v) is 10.1. The monoisotopic (exact) mass is 233 g/mol. The third kappa shape index (κ3) is 2.97. The number of carbonyl (C=O) groups excluding carboxylic acids is 1. The molecule has 1 aromatic carbocycles. The van der Waals surface area contributed by atoms with Crippen LogP contribution >= 0.6 is 0 Å². The Bertz CT molecular complexity index is 411. The van der Waals surface area contributed by atoms with Crippen LogP contribution in [0, 0.1) is 6.92 Å². The zero-order valence-electron chi connectivity index (χ0n) is 10.1. The molecule has 1 aliphatic heterocycles. The van der Waals surface area contributed by atoms with E-state index < -0.39 is 0 Å². The molecule has 4 nitrogen and oxygen atoms in total. The van der Waals surface area contributed by atoms with Gasteiger partial charge in [-0.1, -0.05) is 0 Å². The number of amides is 1. The van der Waals surface area contributed by atoms with Gasteiger partial charge in [0, 0.05) is 17.3 Å². The summed E-state index contributed by atoms with van der Waals surface area (Å²) in [5.41, 5.74) is 7.99. The van der Waals surface area contributed by atoms with Gasteiger partial charge >= 0.3 is 0 Å². The molecule has 4 heteroatoms. The molecular weight excluding hydrogens is 214 g/mol. The summed E-state index contributed by atoms with van der Waals surface area (Å²) in [6, 6.07) is 6.08. The molecule has 0 bridgehead atoms. The van der Waals surface area contributed by atoms with Crippen LogP contribution in [0.15, 0.2) is 18.2 Å². The average molecular weight is 233 g/mol. The standard InChI is InChI=1S/C13H19N3O/c1-9-8-10(13(14)17)2-3-12(9)16-11-4-6-15-7-5-11/h2-3,8,11,15-16H,4-7H2,1H3,(H2,14,17). The highest BCUT2D eigenvalue weighted by atomic mass is 16.1. The first-order chi connectivity index (χ1) is 8.16. The largest absolute Gasteiger partial charge is 0.382 e. The van der Waals surface area contributed by atoms with E-state index in [0.717, 1.165) is 37.2 Å². The molecule has 0 aliphatic carbocycles. The van der Waals surface area contributed by atoms with Crippen molar-refractivity contribution in [3.05, 3.63) is 29.3 Å². The number of primary amides is 1. The summed E-state index contributed by atoms with van der Waals surface area (Å²) in [6.45, 7) is 4.13. The van der Waals surface area contributed by atoms with Gasteiger partial charge in [0.2, 0.25) is 5.91 Å². The Hall–Kier alpha value is -1.55. The quantitative estimate of drug-likeness (QED) is 0.736. The maximum Gasteiger partial charge on any atom is 0.248 e. The molecule has 0 aromatic heterocycles. The molecule has 1 aromatic rings. The molecule has 17 heavy (non-hydrogen) atoms. The summed E-state index contributed by atoms with van der Waals surface area (Å²) < 4.78 is 0. The van der Waals surface area contributed by atoms with Gasteiger partial charge in [0.1, 0.15) is 0 Å². The van der Waals surface area contributed by atoms with E-state index in [0.29, 0.717) is 11.6 Å². The Morgan fingerprint density at radius 3 is 2.71 bits per heavy atom. The molecule has 0 spiro atoms. The molecule has 92 valence electrons. The molecule has 0 radical (unpaired) electrons. The smallest absolute Gasteiger partial charge is 0.248 e. The maximum absolute atomic E-state index is 11.0. The summed E-state index contributed by atoms with van der Waals surface area (Å²) in [5, 5.41) is 6.86. The first kappa shape index (κ1) is 11.9. The van der Waals surface area contributed by atoms with Crippen LogP contribution in [0.2, 0.25) is 0 Å². The number of rotatable bonds is 3. The fourth-order valence-corrected chi connectivity index (χ4v) is 2.17. The minimum absolute atomic E-state index is 0.374. The number of hydrogen-bond acceptors (Lipinski definition) is 3. The van der Waals surface area contributed by atoms with Gasteiger partial charge in [-0.3, -0.25) is 4.79 Å². The molecule has 1 aliphatic rings. The summed E-state index contributed by atoms with van der Waals surface area (Å²) in [6.07, 6.45) is 2.27. The number of anilines is 1. The highest BCUT2D eigenvalue weighted by Gasteiger charge is 2.13. The third-order valence-corrected chi connectivity index (χ3v) is 3.21. The number of piperidine rings is 1. The number of carbonyl (C=O) groups is 1. The van der Waals surface area contributed by atoms with Crippen LogP contribution < -0.4 is 16.4 Å². The van der Waals surface area contributed by atoms with Gasteiger partial charge < -0.3 is 16.4 Å². The van der Waals surface area contributed by atoms with Crippen LogP contribution in [0.5, 0.6) is 0 Å². The maximum atomic E-state index is 11.0. The first-order valence-electron chi connectivity index (χ1n) is 6.04. The van der Waals surface area contributed by atoms with E-state index in [1.807, 2.05) is 19.1 Å². The predicted molar refractivity (Wildman–Crippen MR) is 69.2 cm³/mol. The minimum atomic E-state index is -0.374. The number of aryl methyl sites for hydroxylation is 1. The van der Waals surface area contributed by atoms with E-state index in [4.69, 9.17) is 5.73 Å². The van der Waals surface area contributed by atoms with Crippen molar-refractivity contribution in [2.45, 2.75) is 25.8 Å². The van der Waals surface area contributed by atoms with E-state index in [1.165, 1.54) is 0 Å². The molecule has 1 heterocycles. The summed E-state index contributed by atoms with van der Waals surface area (Å²) in [4.78, 5) is 11.0. The Morgan fingerprint density at radius 1 is 1.41 bits per heavy atom. The van der Waals surface area contributed by atoms with Crippen molar-refractivity contribution in [2.24, 2.45) is 5.73 Å². The van der Waals surface area contributed by atoms with Gasteiger partial charge in [-0.25, -0.2) is 0 Å². The van der Waals surface area contributed by atoms with Crippen molar-refractivity contribution >= 4 is 11.6 Å². The first-order valence-corrected chi connectivity index (χ1v) is 6.04. The van der Waals surface area contributed by atoms with E-state index >= 15 is 0 Å². The van der Waals surface area contributed by atoms with E-state index in [2.05, 4.69) is 10.6 Å². The third-order valence-electron chi connectivity index (χ3n) is 3.21. The summed E-state index contributed by atoms with van der Waals surface area (Å²) in [5.74, 6) is -0.374. The minimum Gasteiger partial charge on any atom is -0.382 e. The van der Waals surface area contributed by atoms with Gasteiger partial charge in [-0.2, -0.15) is 0 Å². The van der Waals surface area contributed by atoms with Gasteiger partial charge in [0.15, 0.2) is 0 Å². The second-order valence-corrected chi connectivity index (χ2v) is 4.56. The van der Waals surface area contributed by atoms with E-state index in [1.54, 1.807) is 6.07 Å². The predicted octanol–water partition coefficient (Wildman–Crippen LogP) is 1.26. The molecule has 1 fully saturated rings. The number of nitrogens with one attached hydrogen (secondary N) is 2. The molecule has 0 unspecified atom stereocenters. The summed E-state index contributed by atoms with van der Waals surface area (Å²) in [7, 11) is 0. The normalized spacial score (nSPS) is 16.8. The van der Waals surface area contributed by atoms with Crippen LogP contribution in [0.4, 0.5) is 5.69 Å². The highest BCUT2D eigenvalue weighted by Crippen LogP contribution is 2.19. The molecule has 1 saturated heterocycles. The summed E-state index contributed by atoms with van der Waals surface area (Å²) >= 11 is 0.